The molecule has 1 heterocycles. The minimum absolute atomic E-state index is 0.0389. The summed E-state index contributed by atoms with van der Waals surface area (Å²) in [4.78, 5) is 11.6. The zero-order chi connectivity index (χ0) is 10.7. The van der Waals surface area contributed by atoms with Crippen LogP contribution in [-0.4, -0.2) is 4.57 Å². The molecule has 78 valence electrons. The number of hydrogen-bond donors (Lipinski definition) is 1. The van der Waals surface area contributed by atoms with Crippen molar-refractivity contribution in [1.29, 1.82) is 0 Å². The largest absolute Gasteiger partial charge is 0.397 e. The lowest BCUT2D eigenvalue weighted by Gasteiger charge is -2.15. The molecule has 1 atom stereocenters. The molecule has 0 aromatic carbocycles. The van der Waals surface area contributed by atoms with E-state index < -0.39 is 0 Å². The molecule has 1 aromatic heterocycles. The average Bonchev–Trinajstić information content (AvgIpc) is 2.18. The molecule has 0 spiro atoms. The van der Waals surface area contributed by atoms with E-state index in [4.69, 9.17) is 5.73 Å². The normalized spacial score (nSPS) is 12.8. The van der Waals surface area contributed by atoms with Crippen LogP contribution in [0.4, 0.5) is 5.69 Å². The van der Waals surface area contributed by atoms with Gasteiger partial charge in [0.25, 0.3) is 5.56 Å². The second kappa shape index (κ2) is 4.31. The van der Waals surface area contributed by atoms with Crippen molar-refractivity contribution in [2.75, 3.05) is 5.73 Å². The Morgan fingerprint density at radius 2 is 2.14 bits per heavy atom. The second-order valence-corrected chi connectivity index (χ2v) is 3.84. The summed E-state index contributed by atoms with van der Waals surface area (Å²) in [7, 11) is 0. The second-order valence-electron chi connectivity index (χ2n) is 3.84. The van der Waals surface area contributed by atoms with Gasteiger partial charge in [-0.1, -0.05) is 20.3 Å². The van der Waals surface area contributed by atoms with E-state index in [0.717, 1.165) is 18.7 Å². The van der Waals surface area contributed by atoms with Gasteiger partial charge in [0.15, 0.2) is 0 Å². The number of nitrogen functional groups attached to an aromatic ring is 1. The summed E-state index contributed by atoms with van der Waals surface area (Å²) in [6, 6.07) is 3.20. The van der Waals surface area contributed by atoms with Gasteiger partial charge in [0.05, 0.1) is 5.69 Å². The third kappa shape index (κ3) is 2.16. The van der Waals surface area contributed by atoms with Crippen LogP contribution in [0.25, 0.3) is 0 Å². The van der Waals surface area contributed by atoms with E-state index in [-0.39, 0.29) is 5.56 Å². The van der Waals surface area contributed by atoms with Crippen LogP contribution in [-0.2, 0) is 6.54 Å². The van der Waals surface area contributed by atoms with Gasteiger partial charge in [-0.15, -0.1) is 0 Å². The number of anilines is 1. The standard InChI is InChI=1S/C11H18N2O/c1-4-8(2)7-13-9(3)10(12)5-6-11(13)14/h5-6,8H,4,7,12H2,1-3H3. The van der Waals surface area contributed by atoms with E-state index in [9.17, 15) is 4.79 Å². The topological polar surface area (TPSA) is 48.0 Å². The summed E-state index contributed by atoms with van der Waals surface area (Å²) < 4.78 is 1.75. The summed E-state index contributed by atoms with van der Waals surface area (Å²) in [5, 5.41) is 0. The van der Waals surface area contributed by atoms with Crippen LogP contribution in [0.5, 0.6) is 0 Å². The fraction of sp³-hybridized carbons (Fsp3) is 0.545. The fourth-order valence-electron chi connectivity index (χ4n) is 1.36. The first-order valence-electron chi connectivity index (χ1n) is 5.02. The molecule has 0 aliphatic heterocycles. The Labute approximate surface area is 84.6 Å². The molecule has 0 radical (unpaired) electrons. The fourth-order valence-corrected chi connectivity index (χ4v) is 1.36. The molecule has 14 heavy (non-hydrogen) atoms. The molecule has 0 fully saturated rings. The summed E-state index contributed by atoms with van der Waals surface area (Å²) in [6.07, 6.45) is 1.07. The molecule has 0 bridgehead atoms. The number of nitrogens with zero attached hydrogens (tertiary/aromatic N) is 1. The molecule has 0 aliphatic carbocycles. The molecule has 0 amide bonds. The smallest absolute Gasteiger partial charge is 0.250 e. The third-order valence-corrected chi connectivity index (χ3v) is 2.69. The molecular weight excluding hydrogens is 176 g/mol. The zero-order valence-electron chi connectivity index (χ0n) is 9.08. The predicted molar refractivity (Wildman–Crippen MR) is 59.3 cm³/mol. The Bertz CT molecular complexity index is 368. The first-order chi connectivity index (χ1) is 6.56. The lowest BCUT2D eigenvalue weighted by Crippen LogP contribution is -2.25. The van der Waals surface area contributed by atoms with Crippen molar-refractivity contribution in [3.63, 3.8) is 0 Å². The predicted octanol–water partition coefficient (Wildman–Crippen LogP) is 1.79. The molecular formula is C11H18N2O. The third-order valence-electron chi connectivity index (χ3n) is 2.69. The van der Waals surface area contributed by atoms with Gasteiger partial charge in [0.1, 0.15) is 0 Å². The van der Waals surface area contributed by atoms with Gasteiger partial charge >= 0.3 is 0 Å². The number of rotatable bonds is 3. The Balaban J connectivity index is 3.07. The summed E-state index contributed by atoms with van der Waals surface area (Å²) in [6.45, 7) is 6.90. The maximum absolute atomic E-state index is 11.6. The van der Waals surface area contributed by atoms with Gasteiger partial charge in [-0.25, -0.2) is 0 Å². The Kier molecular flexibility index (Phi) is 3.33. The highest BCUT2D eigenvalue weighted by atomic mass is 16.1. The van der Waals surface area contributed by atoms with Crippen molar-refractivity contribution in [1.82, 2.24) is 4.57 Å². The minimum atomic E-state index is 0.0389. The summed E-state index contributed by atoms with van der Waals surface area (Å²) in [5.74, 6) is 0.508. The van der Waals surface area contributed by atoms with Gasteiger partial charge < -0.3 is 10.3 Å². The van der Waals surface area contributed by atoms with Gasteiger partial charge in [-0.2, -0.15) is 0 Å². The first-order valence-corrected chi connectivity index (χ1v) is 5.02. The maximum Gasteiger partial charge on any atom is 0.250 e. The highest BCUT2D eigenvalue weighted by molar-refractivity contribution is 5.41. The van der Waals surface area contributed by atoms with Crippen LogP contribution >= 0.6 is 0 Å². The molecule has 0 saturated heterocycles. The zero-order valence-corrected chi connectivity index (χ0v) is 9.08. The average molecular weight is 194 g/mol. The van der Waals surface area contributed by atoms with Gasteiger partial charge in [-0.05, 0) is 18.9 Å². The van der Waals surface area contributed by atoms with Crippen molar-refractivity contribution in [2.45, 2.75) is 33.7 Å². The van der Waals surface area contributed by atoms with Crippen molar-refractivity contribution in [2.24, 2.45) is 5.92 Å². The monoisotopic (exact) mass is 194 g/mol. The Hall–Kier alpha value is -1.25. The number of hydrogen-bond acceptors (Lipinski definition) is 2. The quantitative estimate of drug-likeness (QED) is 0.797. The van der Waals surface area contributed by atoms with Crippen LogP contribution < -0.4 is 11.3 Å². The number of pyridine rings is 1. The van der Waals surface area contributed by atoms with Crippen LogP contribution in [0.2, 0.25) is 0 Å². The Morgan fingerprint density at radius 3 is 2.71 bits per heavy atom. The number of aromatic nitrogens is 1. The molecule has 3 heteroatoms. The molecule has 1 aromatic rings. The van der Waals surface area contributed by atoms with Crippen LogP contribution in [0, 0.1) is 12.8 Å². The Morgan fingerprint density at radius 1 is 1.50 bits per heavy atom. The molecule has 0 aliphatic rings. The van der Waals surface area contributed by atoms with Gasteiger partial charge in [-0.3, -0.25) is 4.79 Å². The van der Waals surface area contributed by atoms with Gasteiger partial charge in [0, 0.05) is 18.3 Å². The highest BCUT2D eigenvalue weighted by Gasteiger charge is 2.06. The van der Waals surface area contributed by atoms with Crippen molar-refractivity contribution >= 4 is 5.69 Å². The lowest BCUT2D eigenvalue weighted by molar-refractivity contribution is 0.454. The molecule has 2 N–H and O–H groups in total. The molecule has 1 rings (SSSR count). The van der Waals surface area contributed by atoms with Crippen LogP contribution in [0.15, 0.2) is 16.9 Å². The van der Waals surface area contributed by atoms with Crippen molar-refractivity contribution in [3.8, 4) is 0 Å². The lowest BCUT2D eigenvalue weighted by atomic mass is 10.1. The highest BCUT2D eigenvalue weighted by Crippen LogP contribution is 2.10. The SMILES string of the molecule is CCC(C)Cn1c(C)c(N)ccc1=O. The van der Waals surface area contributed by atoms with Crippen molar-refractivity contribution in [3.05, 3.63) is 28.2 Å². The van der Waals surface area contributed by atoms with Crippen LogP contribution in [0.1, 0.15) is 26.0 Å². The van der Waals surface area contributed by atoms with E-state index in [2.05, 4.69) is 13.8 Å². The van der Waals surface area contributed by atoms with Crippen LogP contribution in [0.3, 0.4) is 0 Å². The van der Waals surface area contributed by atoms with Gasteiger partial charge in [0.2, 0.25) is 0 Å². The van der Waals surface area contributed by atoms with E-state index in [1.54, 1.807) is 10.6 Å². The van der Waals surface area contributed by atoms with Crippen molar-refractivity contribution < 1.29 is 0 Å². The number of nitrogens with two attached hydrogens (primary N) is 1. The molecule has 3 nitrogen and oxygen atoms in total. The molecule has 0 saturated carbocycles. The maximum atomic E-state index is 11.6. The molecule has 1 unspecified atom stereocenters. The summed E-state index contributed by atoms with van der Waals surface area (Å²) in [5.41, 5.74) is 7.35. The van der Waals surface area contributed by atoms with E-state index >= 15 is 0 Å². The minimum Gasteiger partial charge on any atom is -0.397 e. The first kappa shape index (κ1) is 10.8. The summed E-state index contributed by atoms with van der Waals surface area (Å²) >= 11 is 0. The van der Waals surface area contributed by atoms with E-state index in [1.807, 2.05) is 6.92 Å². The van der Waals surface area contributed by atoms with E-state index in [1.165, 1.54) is 6.07 Å². The van der Waals surface area contributed by atoms with E-state index in [0.29, 0.717) is 11.6 Å².